The van der Waals surface area contributed by atoms with Crippen molar-refractivity contribution in [3.63, 3.8) is 0 Å². The van der Waals surface area contributed by atoms with Crippen LogP contribution in [0.2, 0.25) is 10.6 Å². The molecule has 0 saturated heterocycles. The van der Waals surface area contributed by atoms with Crippen LogP contribution in [0.1, 0.15) is 40.7 Å². The Morgan fingerprint density at radius 3 is 1.76 bits per heavy atom. The number of nitrogens with one attached hydrogen (secondary N) is 2. The van der Waals surface area contributed by atoms with E-state index >= 15 is 0 Å². The minimum absolute atomic E-state index is 0.0819. The number of nitrogens with two attached hydrogens (primary N) is 2. The Balaban J connectivity index is 0.000000167. The van der Waals surface area contributed by atoms with Gasteiger partial charge in [-0.25, -0.2) is 17.9 Å². The molecular formula is C62H63Cl2N15O12S2. The third kappa shape index (κ3) is 21.4. The van der Waals surface area contributed by atoms with E-state index in [0.29, 0.717) is 35.7 Å². The number of halogens is 2. The number of carbonyl (C=O) groups is 2. The van der Waals surface area contributed by atoms with E-state index in [1.807, 2.05) is 98.0 Å². The third-order valence-corrected chi connectivity index (χ3v) is 16.5. The zero-order valence-electron chi connectivity index (χ0n) is 49.6. The maximum atomic E-state index is 11.7. The predicted molar refractivity (Wildman–Crippen MR) is 355 cm³/mol. The van der Waals surface area contributed by atoms with Gasteiger partial charge in [0, 0.05) is 62.1 Å². The second kappa shape index (κ2) is 33.7. The van der Waals surface area contributed by atoms with Crippen LogP contribution in [0.3, 0.4) is 0 Å². The van der Waals surface area contributed by atoms with Crippen LogP contribution in [0.15, 0.2) is 191 Å². The number of non-ortho nitro benzene ring substituents is 1. The Morgan fingerprint density at radius 1 is 0.699 bits per heavy atom. The maximum absolute atomic E-state index is 11.7. The minimum atomic E-state index is -4.12. The van der Waals surface area contributed by atoms with Crippen molar-refractivity contribution in [3.05, 3.63) is 225 Å². The highest BCUT2D eigenvalue weighted by molar-refractivity contribution is 7.91. The van der Waals surface area contributed by atoms with Gasteiger partial charge in [0.2, 0.25) is 10.6 Å². The van der Waals surface area contributed by atoms with E-state index in [0.717, 1.165) is 70.7 Å². The molecule has 1 unspecified atom stereocenters. The Kier molecular flexibility index (Phi) is 25.4. The first-order valence-corrected chi connectivity index (χ1v) is 32.2. The van der Waals surface area contributed by atoms with E-state index < -0.39 is 54.3 Å². The van der Waals surface area contributed by atoms with Crippen molar-refractivity contribution in [2.24, 2.45) is 22.9 Å². The van der Waals surface area contributed by atoms with E-state index in [1.54, 1.807) is 21.8 Å². The van der Waals surface area contributed by atoms with E-state index in [9.17, 15) is 36.5 Å². The van der Waals surface area contributed by atoms with E-state index in [4.69, 9.17) is 54.6 Å². The first-order chi connectivity index (χ1) is 44.5. The topological polar surface area (TPSA) is 414 Å². The number of carboxylic acids is 2. The number of aryl methyl sites for hydroxylation is 1. The van der Waals surface area contributed by atoms with Crippen molar-refractivity contribution in [3.8, 4) is 5.69 Å². The van der Waals surface area contributed by atoms with Crippen LogP contribution in [-0.2, 0) is 62.4 Å². The number of hydrogen-bond acceptors (Lipinski definition) is 21. The molecule has 0 amide bonds. The van der Waals surface area contributed by atoms with Crippen LogP contribution in [0.4, 0.5) is 23.0 Å². The van der Waals surface area contributed by atoms with Crippen LogP contribution >= 0.6 is 23.2 Å². The lowest BCUT2D eigenvalue weighted by atomic mass is 10.0. The lowest BCUT2D eigenvalue weighted by Crippen LogP contribution is -2.32. The molecule has 93 heavy (non-hydrogen) atoms. The van der Waals surface area contributed by atoms with Crippen molar-refractivity contribution in [1.82, 2.24) is 39.5 Å². The molecule has 0 aliphatic carbocycles. The number of anilines is 3. The number of carboxylic acid groups (broad SMARTS) is 2. The lowest BCUT2D eigenvalue weighted by Gasteiger charge is -2.08. The number of nitrogen functional groups attached to an aromatic ring is 1. The number of aliphatic imine (C=N–C) groups is 1. The summed E-state index contributed by atoms with van der Waals surface area (Å²) < 4.78 is 56.2. The Labute approximate surface area is 543 Å². The number of nitro benzene ring substituents is 1. The van der Waals surface area contributed by atoms with Crippen LogP contribution in [-0.4, -0.2) is 135 Å². The molecule has 0 spiro atoms. The summed E-state index contributed by atoms with van der Waals surface area (Å²) in [4.78, 5) is 52.4. The summed E-state index contributed by atoms with van der Waals surface area (Å²) in [6.45, 7) is 2.17. The van der Waals surface area contributed by atoms with Gasteiger partial charge in [0.25, 0.3) is 15.8 Å². The molecule has 484 valence electrons. The van der Waals surface area contributed by atoms with Crippen LogP contribution in [0.25, 0.3) is 27.8 Å². The van der Waals surface area contributed by atoms with Gasteiger partial charge in [0.15, 0.2) is 26.8 Å². The number of nitrogens with zero attached hydrogens (tertiary/aromatic N) is 11. The first-order valence-electron chi connectivity index (χ1n) is 28.2. The molecule has 11 rings (SSSR count). The van der Waals surface area contributed by atoms with Crippen molar-refractivity contribution in [2.45, 2.75) is 49.6 Å². The molecule has 10 aromatic rings. The average Bonchev–Trinajstić information content (AvgIpc) is 1.70. The van der Waals surface area contributed by atoms with E-state index in [2.05, 4.69) is 75.2 Å². The molecule has 6 aromatic carbocycles. The first kappa shape index (κ1) is 70.2. The van der Waals surface area contributed by atoms with Gasteiger partial charge in [-0.1, -0.05) is 120 Å². The fourth-order valence-electron chi connectivity index (χ4n) is 8.83. The number of hydrogen-bond donors (Lipinski definition) is 8. The molecule has 27 nitrogen and oxygen atoms in total. The van der Waals surface area contributed by atoms with Gasteiger partial charge in [0.1, 0.15) is 17.7 Å². The van der Waals surface area contributed by atoms with Gasteiger partial charge in [-0.05, 0) is 101 Å². The summed E-state index contributed by atoms with van der Waals surface area (Å²) in [6.07, 6.45) is 5.39. The van der Waals surface area contributed by atoms with Crippen molar-refractivity contribution >= 4 is 112 Å². The van der Waals surface area contributed by atoms with Gasteiger partial charge < -0.3 is 37.5 Å². The van der Waals surface area contributed by atoms with Crippen molar-refractivity contribution in [1.29, 1.82) is 0 Å². The SMILES string of the molecule is Clc1nc(NCCc2ccccc2)c2cnn(-c3ccccc3)c2n1.Cn1ncc2c(NCCc3ccccc3)nc(Cl)nc21.NC(CC1=NCc2ccccc21)C(=O)O.Nc1ccc(S(=O)(=O)CCCS(=O)(=O)O)cc1.O=C(O)/C(Cc1ccc([N+](=O)[O-])cc1)=N\O. The fourth-order valence-corrected chi connectivity index (χ4v) is 11.2. The van der Waals surface area contributed by atoms with Crippen LogP contribution < -0.4 is 22.1 Å². The molecule has 10 N–H and O–H groups in total. The fraction of sp³-hybridized carbons (Fsp3) is 0.194. The Hall–Kier alpha value is -10.3. The molecular weight excluding hydrogens is 1280 g/mol. The standard InChI is InChI=1S/C19H16ClN5.C14H14ClN5.C11H12N2O2.C9H8N2O5.C9H13NO5S2/c20-19-23-17(21-12-11-14-7-3-1-4-8-14)16-13-22-25(18(16)24-19)15-9-5-2-6-10-15;1-20-13-11(9-17-20)12(18-14(15)19-13)16-8-7-10-5-3-2-4-6-10;12-9(11(14)15)5-10-8-4-2-1-3-7(8)6-13-10;12-9(13)8(10-14)5-6-1-3-7(4-2-6)11(15)16;10-8-2-4-9(5-3-8)16(11,12)6-1-7-17(13,14)15/h1-10,13H,11-12H2,(H,21,23,24);2-6,9H,7-8H2,1H3,(H,16,18,19);1-4,9H,5-6,12H2,(H,14,15);1-4,14H,5H2,(H,12,13);2-5H,1,6-7,10H2,(H,13,14,15)/b;;;10-8-;. The van der Waals surface area contributed by atoms with E-state index in [1.165, 1.54) is 59.7 Å². The molecule has 1 aliphatic heterocycles. The maximum Gasteiger partial charge on any atom is 0.354 e. The summed E-state index contributed by atoms with van der Waals surface area (Å²) in [5.74, 6) is -1.79. The molecule has 31 heteroatoms. The van der Waals surface area contributed by atoms with E-state index in [-0.39, 0.29) is 39.7 Å². The predicted octanol–water partition coefficient (Wildman–Crippen LogP) is 8.96. The molecule has 0 radical (unpaired) electrons. The zero-order chi connectivity index (χ0) is 67.1. The number of nitro groups is 1. The van der Waals surface area contributed by atoms with Gasteiger partial charge in [-0.3, -0.25) is 29.1 Å². The van der Waals surface area contributed by atoms with Crippen LogP contribution in [0, 0.1) is 10.1 Å². The number of rotatable bonds is 21. The largest absolute Gasteiger partial charge is 0.480 e. The molecule has 1 aliphatic rings. The summed E-state index contributed by atoms with van der Waals surface area (Å²) in [5, 5.41) is 56.1. The number of para-hydroxylation sites is 1. The van der Waals surface area contributed by atoms with Crippen LogP contribution in [0.5, 0.6) is 0 Å². The number of sulfone groups is 1. The quantitative estimate of drug-likeness (QED) is 0.00632. The van der Waals surface area contributed by atoms with Gasteiger partial charge in [-0.2, -0.15) is 38.6 Å². The minimum Gasteiger partial charge on any atom is -0.480 e. The number of aromatic nitrogens is 8. The second-order valence-corrected chi connectivity index (χ2v) is 24.5. The Morgan fingerprint density at radius 2 is 1.23 bits per heavy atom. The molecule has 4 aromatic heterocycles. The average molecular weight is 1350 g/mol. The van der Waals surface area contributed by atoms with Gasteiger partial charge in [-0.15, -0.1) is 0 Å². The van der Waals surface area contributed by atoms with Gasteiger partial charge >= 0.3 is 11.9 Å². The number of benzene rings is 6. The lowest BCUT2D eigenvalue weighted by molar-refractivity contribution is -0.384. The highest BCUT2D eigenvalue weighted by Gasteiger charge is 2.22. The smallest absolute Gasteiger partial charge is 0.354 e. The summed E-state index contributed by atoms with van der Waals surface area (Å²) >= 11 is 12.1. The molecule has 1 atom stereocenters. The normalized spacial score (nSPS) is 12.0. The zero-order valence-corrected chi connectivity index (χ0v) is 52.7. The highest BCUT2D eigenvalue weighted by Crippen LogP contribution is 2.26. The number of fused-ring (bicyclic) bond motifs is 3. The molecule has 0 fully saturated rings. The Bertz CT molecular complexity index is 4460. The summed E-state index contributed by atoms with van der Waals surface area (Å²) in [5.41, 5.74) is 19.2. The highest BCUT2D eigenvalue weighted by atomic mass is 35.5. The second-order valence-electron chi connectivity index (χ2n) is 20.2. The molecule has 0 saturated carbocycles. The monoisotopic (exact) mass is 1340 g/mol. The number of aliphatic carboxylic acids is 2. The van der Waals surface area contributed by atoms with Gasteiger partial charge in [0.05, 0.1) is 56.7 Å². The third-order valence-electron chi connectivity index (χ3n) is 13.5. The molecule has 5 heterocycles. The van der Waals surface area contributed by atoms with Crippen molar-refractivity contribution < 1.29 is 51.3 Å². The number of oxime groups is 1. The molecule has 0 bridgehead atoms. The summed E-state index contributed by atoms with van der Waals surface area (Å²) in [6, 6.07) is 48.4. The summed E-state index contributed by atoms with van der Waals surface area (Å²) in [7, 11) is -5.82. The van der Waals surface area contributed by atoms with Crippen molar-refractivity contribution in [2.75, 3.05) is 41.0 Å².